The largest absolute Gasteiger partial charge is 0.326 e. The molecule has 1 amide bonds. The van der Waals surface area contributed by atoms with Gasteiger partial charge in [-0.05, 0) is 59.9 Å². The van der Waals surface area contributed by atoms with E-state index in [1.165, 1.54) is 11.1 Å². The zero-order valence-electron chi connectivity index (χ0n) is 17.1. The Hall–Kier alpha value is -2.09. The lowest BCUT2D eigenvalue weighted by Gasteiger charge is -2.23. The Morgan fingerprint density at radius 2 is 1.54 bits per heavy atom. The summed E-state index contributed by atoms with van der Waals surface area (Å²) in [6.07, 6.45) is 2.16. The summed E-state index contributed by atoms with van der Waals surface area (Å²) in [4.78, 5) is 12.6. The molecule has 140 valence electrons. The van der Waals surface area contributed by atoms with Crippen LogP contribution < -0.4 is 5.32 Å². The van der Waals surface area contributed by atoms with Crippen LogP contribution in [0.4, 0.5) is 5.69 Å². The van der Waals surface area contributed by atoms with Crippen molar-refractivity contribution in [3.8, 4) is 0 Å². The van der Waals surface area contributed by atoms with Crippen molar-refractivity contribution in [3.05, 3.63) is 65.2 Å². The average Bonchev–Trinajstić information content (AvgIpc) is 2.61. The van der Waals surface area contributed by atoms with Crippen molar-refractivity contribution in [2.75, 3.05) is 5.32 Å². The van der Waals surface area contributed by atoms with Crippen molar-refractivity contribution in [2.45, 2.75) is 65.7 Å². The Morgan fingerprint density at radius 3 is 2.04 bits per heavy atom. The van der Waals surface area contributed by atoms with Crippen LogP contribution in [0, 0.1) is 5.92 Å². The summed E-state index contributed by atoms with van der Waals surface area (Å²) in [7, 11) is 0. The monoisotopic (exact) mass is 351 g/mol. The van der Waals surface area contributed by atoms with Crippen molar-refractivity contribution in [1.29, 1.82) is 0 Å². The standard InChI is InChI=1S/C24H33NO/c1-7-24(5,6)21-12-14-22(15-13-21)25-23(26)18(4)20-10-8-19(9-11-20)16-17(2)3/h8-15,17-18H,7,16H2,1-6H3,(H,25,26). The second-order valence-corrected chi connectivity index (χ2v) is 8.37. The second-order valence-electron chi connectivity index (χ2n) is 8.37. The fourth-order valence-electron chi connectivity index (χ4n) is 3.02. The molecule has 1 N–H and O–H groups in total. The minimum absolute atomic E-state index is 0.0316. The average molecular weight is 352 g/mol. The molecular formula is C24H33NO. The van der Waals surface area contributed by atoms with E-state index in [1.807, 2.05) is 19.1 Å². The Bertz CT molecular complexity index is 711. The molecule has 26 heavy (non-hydrogen) atoms. The van der Waals surface area contributed by atoms with Gasteiger partial charge >= 0.3 is 0 Å². The highest BCUT2D eigenvalue weighted by atomic mass is 16.1. The minimum atomic E-state index is -0.171. The Balaban J connectivity index is 2.02. The van der Waals surface area contributed by atoms with E-state index in [0.29, 0.717) is 5.92 Å². The quantitative estimate of drug-likeness (QED) is 0.622. The van der Waals surface area contributed by atoms with E-state index < -0.39 is 0 Å². The van der Waals surface area contributed by atoms with E-state index in [2.05, 4.69) is 76.3 Å². The molecule has 2 nitrogen and oxygen atoms in total. The van der Waals surface area contributed by atoms with Gasteiger partial charge in [0.25, 0.3) is 0 Å². The van der Waals surface area contributed by atoms with E-state index in [4.69, 9.17) is 0 Å². The zero-order chi connectivity index (χ0) is 19.3. The van der Waals surface area contributed by atoms with Gasteiger partial charge in [0.2, 0.25) is 5.91 Å². The van der Waals surface area contributed by atoms with Crippen LogP contribution in [0.1, 0.15) is 70.6 Å². The van der Waals surface area contributed by atoms with E-state index in [1.54, 1.807) is 0 Å². The highest BCUT2D eigenvalue weighted by Gasteiger charge is 2.19. The molecular weight excluding hydrogens is 318 g/mol. The van der Waals surface area contributed by atoms with Gasteiger partial charge in [0.05, 0.1) is 5.92 Å². The third-order valence-electron chi connectivity index (χ3n) is 5.33. The molecule has 0 fully saturated rings. The smallest absolute Gasteiger partial charge is 0.231 e. The number of hydrogen-bond acceptors (Lipinski definition) is 1. The number of nitrogens with one attached hydrogen (secondary N) is 1. The number of benzene rings is 2. The van der Waals surface area contributed by atoms with Crippen LogP contribution in [-0.4, -0.2) is 5.91 Å². The SMILES string of the molecule is CCC(C)(C)c1ccc(NC(=O)C(C)c2ccc(CC(C)C)cc2)cc1. The van der Waals surface area contributed by atoms with Crippen LogP contribution in [0.15, 0.2) is 48.5 Å². The van der Waals surface area contributed by atoms with Gasteiger partial charge in [0.15, 0.2) is 0 Å². The van der Waals surface area contributed by atoms with Gasteiger partial charge in [-0.15, -0.1) is 0 Å². The first-order valence-electron chi connectivity index (χ1n) is 9.73. The third-order valence-corrected chi connectivity index (χ3v) is 5.33. The van der Waals surface area contributed by atoms with Gasteiger partial charge in [-0.1, -0.05) is 71.0 Å². The van der Waals surface area contributed by atoms with E-state index in [0.717, 1.165) is 24.1 Å². The fourth-order valence-corrected chi connectivity index (χ4v) is 3.02. The minimum Gasteiger partial charge on any atom is -0.326 e. The molecule has 0 spiro atoms. The normalized spacial score (nSPS) is 12.9. The molecule has 1 unspecified atom stereocenters. The molecule has 0 aliphatic rings. The molecule has 2 rings (SSSR count). The van der Waals surface area contributed by atoms with Gasteiger partial charge < -0.3 is 5.32 Å². The summed E-state index contributed by atoms with van der Waals surface area (Å²) in [5.74, 6) is 0.501. The Kier molecular flexibility index (Phi) is 6.63. The summed E-state index contributed by atoms with van der Waals surface area (Å²) in [6.45, 7) is 13.1. The predicted octanol–water partition coefficient (Wildman–Crippen LogP) is 6.31. The molecule has 0 aromatic heterocycles. The summed E-state index contributed by atoms with van der Waals surface area (Å²) >= 11 is 0. The van der Waals surface area contributed by atoms with Crippen molar-refractivity contribution in [3.63, 3.8) is 0 Å². The first-order valence-corrected chi connectivity index (χ1v) is 9.73. The summed E-state index contributed by atoms with van der Waals surface area (Å²) in [5, 5.41) is 3.04. The predicted molar refractivity (Wildman–Crippen MR) is 112 cm³/mol. The first kappa shape index (κ1) is 20.2. The van der Waals surface area contributed by atoms with Gasteiger partial charge in [0.1, 0.15) is 0 Å². The highest BCUT2D eigenvalue weighted by Crippen LogP contribution is 2.28. The maximum absolute atomic E-state index is 12.6. The molecule has 0 saturated heterocycles. The number of rotatable bonds is 7. The molecule has 2 heteroatoms. The molecule has 0 heterocycles. The van der Waals surface area contributed by atoms with E-state index in [-0.39, 0.29) is 17.2 Å². The maximum Gasteiger partial charge on any atom is 0.231 e. The zero-order valence-corrected chi connectivity index (χ0v) is 17.1. The Labute approximate surface area is 159 Å². The van der Waals surface area contributed by atoms with Gasteiger partial charge in [-0.25, -0.2) is 0 Å². The molecule has 0 aliphatic heterocycles. The summed E-state index contributed by atoms with van der Waals surface area (Å²) in [5.41, 5.74) is 4.69. The fraction of sp³-hybridized carbons (Fsp3) is 0.458. The lowest BCUT2D eigenvalue weighted by molar-refractivity contribution is -0.117. The van der Waals surface area contributed by atoms with Crippen LogP contribution in [0.2, 0.25) is 0 Å². The van der Waals surface area contributed by atoms with Crippen molar-refractivity contribution in [1.82, 2.24) is 0 Å². The number of carbonyl (C=O) groups is 1. The lowest BCUT2D eigenvalue weighted by atomic mass is 9.82. The number of carbonyl (C=O) groups excluding carboxylic acids is 1. The Morgan fingerprint density at radius 1 is 0.962 bits per heavy atom. The van der Waals surface area contributed by atoms with Crippen molar-refractivity contribution in [2.24, 2.45) is 5.92 Å². The summed E-state index contributed by atoms with van der Waals surface area (Å²) in [6, 6.07) is 16.7. The molecule has 0 aliphatic carbocycles. The van der Waals surface area contributed by atoms with Crippen LogP contribution >= 0.6 is 0 Å². The topological polar surface area (TPSA) is 29.1 Å². The molecule has 0 saturated carbocycles. The number of anilines is 1. The van der Waals surface area contributed by atoms with Crippen molar-refractivity contribution >= 4 is 11.6 Å². The van der Waals surface area contributed by atoms with Crippen molar-refractivity contribution < 1.29 is 4.79 Å². The van der Waals surface area contributed by atoms with Crippen LogP contribution in [0.3, 0.4) is 0 Å². The van der Waals surface area contributed by atoms with Crippen LogP contribution in [-0.2, 0) is 16.6 Å². The number of amides is 1. The summed E-state index contributed by atoms with van der Waals surface area (Å²) < 4.78 is 0. The highest BCUT2D eigenvalue weighted by molar-refractivity contribution is 5.95. The molecule has 0 bridgehead atoms. The maximum atomic E-state index is 12.6. The molecule has 2 aromatic rings. The lowest BCUT2D eigenvalue weighted by Crippen LogP contribution is -2.19. The van der Waals surface area contributed by atoms with E-state index in [9.17, 15) is 4.79 Å². The van der Waals surface area contributed by atoms with Gasteiger partial charge in [0, 0.05) is 5.69 Å². The first-order chi connectivity index (χ1) is 12.2. The molecule has 2 aromatic carbocycles. The van der Waals surface area contributed by atoms with Gasteiger partial charge in [-0.2, -0.15) is 0 Å². The third kappa shape index (κ3) is 5.20. The van der Waals surface area contributed by atoms with Crippen LogP contribution in [0.5, 0.6) is 0 Å². The second kappa shape index (κ2) is 8.53. The van der Waals surface area contributed by atoms with E-state index >= 15 is 0 Å². The van der Waals surface area contributed by atoms with Crippen LogP contribution in [0.25, 0.3) is 0 Å². The number of hydrogen-bond donors (Lipinski definition) is 1. The molecule has 1 atom stereocenters. The molecule has 0 radical (unpaired) electrons. The van der Waals surface area contributed by atoms with Gasteiger partial charge in [-0.3, -0.25) is 4.79 Å².